The molecule has 5 heteroatoms. The molecule has 0 fully saturated rings. The van der Waals surface area contributed by atoms with Gasteiger partial charge in [-0.05, 0) is 32.2 Å². The van der Waals surface area contributed by atoms with Gasteiger partial charge in [0.15, 0.2) is 0 Å². The number of carbonyl (C=O) groups excluding carboxylic acids is 1. The van der Waals surface area contributed by atoms with Crippen molar-refractivity contribution in [1.29, 1.82) is 0 Å². The molecule has 2 rings (SSSR count). The Morgan fingerprint density at radius 1 is 1.09 bits per heavy atom. The van der Waals surface area contributed by atoms with Crippen LogP contribution in [0.15, 0.2) is 48.5 Å². The minimum Gasteiger partial charge on any atom is -0.324 e. The highest BCUT2D eigenvalue weighted by Gasteiger charge is 2.16. The number of halogens is 2. The molecule has 0 bridgehead atoms. The fraction of sp³-hybridized carbons (Fsp3) is 0.278. The number of carbonyl (C=O) groups is 1. The van der Waals surface area contributed by atoms with E-state index in [4.69, 9.17) is 0 Å². The third-order valence-electron chi connectivity index (χ3n) is 3.86. The second kappa shape index (κ2) is 7.83. The van der Waals surface area contributed by atoms with Gasteiger partial charge in [0.2, 0.25) is 5.91 Å². The van der Waals surface area contributed by atoms with E-state index in [0.29, 0.717) is 12.1 Å². The van der Waals surface area contributed by atoms with Crippen molar-refractivity contribution < 1.29 is 13.6 Å². The van der Waals surface area contributed by atoms with Crippen LogP contribution in [0.25, 0.3) is 0 Å². The van der Waals surface area contributed by atoms with E-state index >= 15 is 0 Å². The molecule has 0 aliphatic carbocycles. The minimum absolute atomic E-state index is 0.155. The van der Waals surface area contributed by atoms with Crippen LogP contribution >= 0.6 is 0 Å². The van der Waals surface area contributed by atoms with Crippen molar-refractivity contribution in [2.75, 3.05) is 18.9 Å². The Labute approximate surface area is 134 Å². The maximum Gasteiger partial charge on any atom is 0.225 e. The summed E-state index contributed by atoms with van der Waals surface area (Å²) in [5, 5.41) is 2.54. The topological polar surface area (TPSA) is 32.3 Å². The summed E-state index contributed by atoms with van der Waals surface area (Å²) in [6.07, 6.45) is 0.198. The number of amides is 1. The maximum atomic E-state index is 13.8. The Morgan fingerprint density at radius 2 is 1.70 bits per heavy atom. The lowest BCUT2D eigenvalue weighted by atomic mass is 10.1. The SMILES string of the molecule is CC(c1ccccc1F)N(C)CCC(=O)Nc1ccccc1F. The van der Waals surface area contributed by atoms with Crippen LogP contribution < -0.4 is 5.32 Å². The van der Waals surface area contributed by atoms with Gasteiger partial charge in [-0.3, -0.25) is 9.69 Å². The first-order valence-electron chi connectivity index (χ1n) is 7.48. The number of para-hydroxylation sites is 1. The van der Waals surface area contributed by atoms with Gasteiger partial charge in [0.25, 0.3) is 0 Å². The predicted molar refractivity (Wildman–Crippen MR) is 87.1 cm³/mol. The predicted octanol–water partition coefficient (Wildman–Crippen LogP) is 3.99. The molecule has 1 amide bonds. The molecule has 0 heterocycles. The van der Waals surface area contributed by atoms with Crippen LogP contribution in [0.3, 0.4) is 0 Å². The molecule has 0 saturated heterocycles. The second-order valence-electron chi connectivity index (χ2n) is 5.46. The number of hydrogen-bond donors (Lipinski definition) is 1. The fourth-order valence-corrected chi connectivity index (χ4v) is 2.30. The summed E-state index contributed by atoms with van der Waals surface area (Å²) >= 11 is 0. The van der Waals surface area contributed by atoms with Gasteiger partial charge < -0.3 is 5.32 Å². The zero-order chi connectivity index (χ0) is 16.8. The van der Waals surface area contributed by atoms with E-state index in [1.54, 1.807) is 30.3 Å². The summed E-state index contributed by atoms with van der Waals surface area (Å²) in [6.45, 7) is 2.32. The van der Waals surface area contributed by atoms with Gasteiger partial charge in [-0.15, -0.1) is 0 Å². The minimum atomic E-state index is -0.464. The van der Waals surface area contributed by atoms with E-state index < -0.39 is 5.82 Å². The van der Waals surface area contributed by atoms with Crippen LogP contribution in [0.2, 0.25) is 0 Å². The Kier molecular flexibility index (Phi) is 5.82. The van der Waals surface area contributed by atoms with Crippen LogP contribution in [0.1, 0.15) is 24.9 Å². The first-order valence-corrected chi connectivity index (χ1v) is 7.48. The molecular weight excluding hydrogens is 298 g/mol. The van der Waals surface area contributed by atoms with Crippen LogP contribution in [-0.4, -0.2) is 24.4 Å². The van der Waals surface area contributed by atoms with Crippen molar-refractivity contribution in [3.63, 3.8) is 0 Å². The molecule has 0 aromatic heterocycles. The molecule has 0 aliphatic rings. The van der Waals surface area contributed by atoms with Crippen molar-refractivity contribution in [2.24, 2.45) is 0 Å². The molecule has 2 aromatic rings. The van der Waals surface area contributed by atoms with Gasteiger partial charge in [0.05, 0.1) is 5.69 Å². The lowest BCUT2D eigenvalue weighted by Gasteiger charge is -2.25. The summed E-state index contributed by atoms with van der Waals surface area (Å²) in [5.74, 6) is -1.00. The Hall–Kier alpha value is -2.27. The average Bonchev–Trinajstić information content (AvgIpc) is 2.54. The molecule has 1 N–H and O–H groups in total. The van der Waals surface area contributed by atoms with Crippen molar-refractivity contribution in [1.82, 2.24) is 4.90 Å². The number of hydrogen-bond acceptors (Lipinski definition) is 2. The summed E-state index contributed by atoms with van der Waals surface area (Å²) in [4.78, 5) is 13.8. The average molecular weight is 318 g/mol. The van der Waals surface area contributed by atoms with Crippen LogP contribution in [-0.2, 0) is 4.79 Å². The Morgan fingerprint density at radius 3 is 2.35 bits per heavy atom. The monoisotopic (exact) mass is 318 g/mol. The van der Waals surface area contributed by atoms with Crippen molar-refractivity contribution in [2.45, 2.75) is 19.4 Å². The molecule has 3 nitrogen and oxygen atoms in total. The van der Waals surface area contributed by atoms with Crippen molar-refractivity contribution in [3.8, 4) is 0 Å². The molecule has 0 spiro atoms. The highest BCUT2D eigenvalue weighted by molar-refractivity contribution is 5.90. The lowest BCUT2D eigenvalue weighted by molar-refractivity contribution is -0.116. The van der Waals surface area contributed by atoms with Crippen molar-refractivity contribution >= 4 is 11.6 Å². The summed E-state index contributed by atoms with van der Waals surface area (Å²) in [5.41, 5.74) is 0.756. The van der Waals surface area contributed by atoms with E-state index in [2.05, 4.69) is 5.32 Å². The zero-order valence-electron chi connectivity index (χ0n) is 13.2. The zero-order valence-corrected chi connectivity index (χ0v) is 13.2. The van der Waals surface area contributed by atoms with E-state index in [0.717, 1.165) is 0 Å². The first-order chi connectivity index (χ1) is 11.0. The molecule has 1 unspecified atom stereocenters. The Balaban J connectivity index is 1.89. The molecule has 122 valence electrons. The van der Waals surface area contributed by atoms with Crippen molar-refractivity contribution in [3.05, 3.63) is 65.7 Å². The molecule has 23 heavy (non-hydrogen) atoms. The number of anilines is 1. The quantitative estimate of drug-likeness (QED) is 0.873. The van der Waals surface area contributed by atoms with Crippen LogP contribution in [0.4, 0.5) is 14.5 Å². The second-order valence-corrected chi connectivity index (χ2v) is 5.46. The Bertz CT molecular complexity index is 676. The fourth-order valence-electron chi connectivity index (χ4n) is 2.30. The third kappa shape index (κ3) is 4.60. The van der Waals surface area contributed by atoms with E-state index in [1.165, 1.54) is 18.2 Å². The van der Waals surface area contributed by atoms with Gasteiger partial charge in [0.1, 0.15) is 11.6 Å². The highest BCUT2D eigenvalue weighted by atomic mass is 19.1. The number of rotatable bonds is 6. The van der Waals surface area contributed by atoms with E-state index in [9.17, 15) is 13.6 Å². The highest BCUT2D eigenvalue weighted by Crippen LogP contribution is 2.21. The molecule has 0 saturated carbocycles. The molecule has 2 aromatic carbocycles. The number of benzene rings is 2. The van der Waals surface area contributed by atoms with Crippen LogP contribution in [0, 0.1) is 11.6 Å². The molecule has 0 aliphatic heterocycles. The third-order valence-corrected chi connectivity index (χ3v) is 3.86. The van der Waals surface area contributed by atoms with Gasteiger partial charge in [0, 0.05) is 24.6 Å². The number of nitrogens with zero attached hydrogens (tertiary/aromatic N) is 1. The standard InChI is InChI=1S/C18H20F2N2O/c1-13(14-7-3-4-8-15(14)19)22(2)12-11-18(23)21-17-10-6-5-9-16(17)20/h3-10,13H,11-12H2,1-2H3,(H,21,23). The van der Waals surface area contributed by atoms with Gasteiger partial charge in [-0.25, -0.2) is 8.78 Å². The summed E-state index contributed by atoms with van der Waals surface area (Å²) in [6, 6.07) is 12.5. The smallest absolute Gasteiger partial charge is 0.225 e. The van der Waals surface area contributed by atoms with Gasteiger partial charge >= 0.3 is 0 Å². The largest absolute Gasteiger partial charge is 0.324 e. The summed E-state index contributed by atoms with van der Waals surface area (Å²) < 4.78 is 27.3. The van der Waals surface area contributed by atoms with Gasteiger partial charge in [-0.1, -0.05) is 30.3 Å². The molecular formula is C18H20F2N2O. The van der Waals surface area contributed by atoms with Gasteiger partial charge in [-0.2, -0.15) is 0 Å². The lowest BCUT2D eigenvalue weighted by Crippen LogP contribution is -2.27. The summed E-state index contributed by atoms with van der Waals surface area (Å²) in [7, 11) is 1.83. The molecule has 1 atom stereocenters. The van der Waals surface area contributed by atoms with E-state index in [-0.39, 0.29) is 29.9 Å². The first kappa shape index (κ1) is 17.1. The molecule has 0 radical (unpaired) electrons. The number of nitrogens with one attached hydrogen (secondary N) is 1. The van der Waals surface area contributed by atoms with E-state index in [1.807, 2.05) is 18.9 Å². The normalized spacial score (nSPS) is 12.2. The van der Waals surface area contributed by atoms with Crippen LogP contribution in [0.5, 0.6) is 0 Å². The maximum absolute atomic E-state index is 13.8.